The van der Waals surface area contributed by atoms with E-state index in [0.29, 0.717) is 0 Å². The maximum Gasteiger partial charge on any atom is 0.357 e. The molecule has 3 aromatic rings. The molecule has 2 heterocycles. The maximum absolute atomic E-state index is 12.5. The van der Waals surface area contributed by atoms with Gasteiger partial charge in [-0.3, -0.25) is 14.4 Å². The molecule has 0 aliphatic carbocycles. The minimum atomic E-state index is -1.32. The molecular weight excluding hydrogens is 360 g/mol. The topological polar surface area (TPSA) is 144 Å². The Kier molecular flexibility index (Phi) is 4.50. The normalized spacial score (nSPS) is 10.6. The molecule has 9 nitrogen and oxygen atoms in total. The third kappa shape index (κ3) is 3.17. The summed E-state index contributed by atoms with van der Waals surface area (Å²) in [5.41, 5.74) is 4.43. The average Bonchev–Trinajstić information content (AvgIpc) is 3.05. The van der Waals surface area contributed by atoms with E-state index >= 15 is 0 Å². The molecule has 132 valence electrons. The van der Waals surface area contributed by atoms with Gasteiger partial charge in [0, 0.05) is 5.39 Å². The Bertz CT molecular complexity index is 1100. The van der Waals surface area contributed by atoms with Gasteiger partial charge in [0.1, 0.15) is 11.5 Å². The summed E-state index contributed by atoms with van der Waals surface area (Å²) in [5.74, 6) is -2.66. The van der Waals surface area contributed by atoms with Crippen LogP contribution in [0.1, 0.15) is 20.8 Å². The molecule has 26 heavy (non-hydrogen) atoms. The van der Waals surface area contributed by atoms with Crippen molar-refractivity contribution in [2.45, 2.75) is 6.54 Å². The van der Waals surface area contributed by atoms with Gasteiger partial charge in [-0.15, -0.1) is 11.3 Å². The average molecular weight is 372 g/mol. The number of aromatic carboxylic acids is 1. The van der Waals surface area contributed by atoms with Crippen LogP contribution in [0.3, 0.4) is 0 Å². The number of nitrogens with one attached hydrogen (secondary N) is 1. The number of carbonyl (C=O) groups excluding carboxylic acids is 2. The summed E-state index contributed by atoms with van der Waals surface area (Å²) in [6, 6.07) is 7.58. The highest BCUT2D eigenvalue weighted by atomic mass is 32.1. The van der Waals surface area contributed by atoms with E-state index in [1.807, 2.05) is 0 Å². The second-order valence-corrected chi connectivity index (χ2v) is 6.15. The van der Waals surface area contributed by atoms with E-state index in [9.17, 15) is 24.3 Å². The van der Waals surface area contributed by atoms with Crippen molar-refractivity contribution in [2.24, 2.45) is 5.73 Å². The Labute approximate surface area is 149 Å². The van der Waals surface area contributed by atoms with E-state index in [2.05, 4.69) is 10.4 Å². The molecule has 0 aliphatic rings. The summed E-state index contributed by atoms with van der Waals surface area (Å²) in [6.07, 6.45) is 0. The minimum absolute atomic E-state index is 0.140. The molecular formula is C16H12N4O5S. The van der Waals surface area contributed by atoms with Crippen molar-refractivity contribution >= 4 is 44.9 Å². The van der Waals surface area contributed by atoms with Gasteiger partial charge < -0.3 is 16.2 Å². The molecule has 10 heteroatoms. The van der Waals surface area contributed by atoms with Crippen LogP contribution in [-0.2, 0) is 11.3 Å². The van der Waals surface area contributed by atoms with Crippen molar-refractivity contribution in [1.82, 2.24) is 9.78 Å². The quantitative estimate of drug-likeness (QED) is 0.607. The summed E-state index contributed by atoms with van der Waals surface area (Å²) in [7, 11) is 0. The van der Waals surface area contributed by atoms with Gasteiger partial charge in [0.25, 0.3) is 11.5 Å². The van der Waals surface area contributed by atoms with Crippen LogP contribution in [0.5, 0.6) is 0 Å². The molecule has 0 saturated heterocycles. The lowest BCUT2D eigenvalue weighted by Crippen LogP contribution is -2.31. The molecule has 3 rings (SSSR count). The zero-order valence-electron chi connectivity index (χ0n) is 13.1. The van der Waals surface area contributed by atoms with E-state index < -0.39 is 29.9 Å². The fraction of sp³-hybridized carbons (Fsp3) is 0.0625. The summed E-state index contributed by atoms with van der Waals surface area (Å²) < 4.78 is 0.776. The number of benzene rings is 1. The number of anilines is 1. The molecule has 0 saturated carbocycles. The Morgan fingerprint density at radius 2 is 1.88 bits per heavy atom. The van der Waals surface area contributed by atoms with E-state index in [0.717, 1.165) is 16.0 Å². The van der Waals surface area contributed by atoms with Crippen molar-refractivity contribution in [3.63, 3.8) is 0 Å². The van der Waals surface area contributed by atoms with E-state index in [-0.39, 0.29) is 27.0 Å². The van der Waals surface area contributed by atoms with Crippen LogP contribution >= 0.6 is 11.3 Å². The van der Waals surface area contributed by atoms with Gasteiger partial charge in [0.15, 0.2) is 5.69 Å². The molecule has 1 aromatic carbocycles. The van der Waals surface area contributed by atoms with Gasteiger partial charge in [-0.2, -0.15) is 5.10 Å². The highest BCUT2D eigenvalue weighted by Gasteiger charge is 2.18. The lowest BCUT2D eigenvalue weighted by atomic mass is 10.1. The number of carboxylic acid groups (broad SMARTS) is 1. The fourth-order valence-corrected chi connectivity index (χ4v) is 3.21. The highest BCUT2D eigenvalue weighted by molar-refractivity contribution is 7.14. The Morgan fingerprint density at radius 1 is 1.19 bits per heavy atom. The smallest absolute Gasteiger partial charge is 0.357 e. The van der Waals surface area contributed by atoms with Gasteiger partial charge in [-0.25, -0.2) is 9.48 Å². The second kappa shape index (κ2) is 6.76. The number of aromatic nitrogens is 2. The van der Waals surface area contributed by atoms with E-state index in [1.165, 1.54) is 18.2 Å². The molecule has 2 amide bonds. The highest BCUT2D eigenvalue weighted by Crippen LogP contribution is 2.22. The van der Waals surface area contributed by atoms with Gasteiger partial charge in [-0.1, -0.05) is 18.2 Å². The molecule has 0 bridgehead atoms. The minimum Gasteiger partial charge on any atom is -0.476 e. The van der Waals surface area contributed by atoms with Crippen LogP contribution in [0, 0.1) is 0 Å². The van der Waals surface area contributed by atoms with Gasteiger partial charge in [0.2, 0.25) is 5.91 Å². The van der Waals surface area contributed by atoms with Crippen molar-refractivity contribution in [1.29, 1.82) is 0 Å². The monoisotopic (exact) mass is 372 g/mol. The number of thiophene rings is 1. The van der Waals surface area contributed by atoms with E-state index in [4.69, 9.17) is 5.73 Å². The number of nitrogens with two attached hydrogens (primary N) is 1. The number of hydrogen-bond acceptors (Lipinski definition) is 6. The van der Waals surface area contributed by atoms with Crippen molar-refractivity contribution in [2.75, 3.05) is 5.32 Å². The zero-order chi connectivity index (χ0) is 18.8. The lowest BCUT2D eigenvalue weighted by Gasteiger charge is -2.09. The number of carboxylic acids is 1. The first-order chi connectivity index (χ1) is 12.4. The standard InChI is InChI=1S/C16H12N4O5S/c17-13(22)10-5-6-26-14(10)18-11(21)7-20-15(23)9-4-2-1-3-8(9)12(19-20)16(24)25/h1-6H,7H2,(H2,17,22)(H,18,21)(H,24,25). The molecule has 0 radical (unpaired) electrons. The summed E-state index contributed by atoms with van der Waals surface area (Å²) in [5, 5.41) is 17.7. The third-order valence-corrected chi connectivity index (χ3v) is 4.38. The maximum atomic E-state index is 12.5. The van der Waals surface area contributed by atoms with Crippen LogP contribution in [0.25, 0.3) is 10.8 Å². The first-order valence-corrected chi connectivity index (χ1v) is 8.16. The van der Waals surface area contributed by atoms with Gasteiger partial charge in [-0.05, 0) is 17.5 Å². The third-order valence-electron chi connectivity index (χ3n) is 3.55. The SMILES string of the molecule is NC(=O)c1ccsc1NC(=O)Cn1nc(C(=O)O)c2ccccc2c1=O. The largest absolute Gasteiger partial charge is 0.476 e. The van der Waals surface area contributed by atoms with Crippen LogP contribution in [0.4, 0.5) is 5.00 Å². The molecule has 0 spiro atoms. The number of primary amides is 1. The molecule has 0 fully saturated rings. The Hall–Kier alpha value is -3.53. The molecule has 0 aliphatic heterocycles. The number of nitrogens with zero attached hydrogens (tertiary/aromatic N) is 2. The van der Waals surface area contributed by atoms with Crippen LogP contribution in [-0.4, -0.2) is 32.7 Å². The predicted molar refractivity (Wildman–Crippen MR) is 94.4 cm³/mol. The van der Waals surface area contributed by atoms with Gasteiger partial charge >= 0.3 is 5.97 Å². The predicted octanol–water partition coefficient (Wildman–Crippen LogP) is 0.894. The lowest BCUT2D eigenvalue weighted by molar-refractivity contribution is -0.117. The fourth-order valence-electron chi connectivity index (χ4n) is 2.40. The number of amides is 2. The number of fused-ring (bicyclic) bond motifs is 1. The summed E-state index contributed by atoms with van der Waals surface area (Å²) in [4.78, 5) is 47.4. The van der Waals surface area contributed by atoms with Gasteiger partial charge in [0.05, 0.1) is 10.9 Å². The summed E-state index contributed by atoms with van der Waals surface area (Å²) in [6.45, 7) is -0.514. The first kappa shape index (κ1) is 17.3. The van der Waals surface area contributed by atoms with Crippen molar-refractivity contribution < 1.29 is 19.5 Å². The van der Waals surface area contributed by atoms with Crippen molar-refractivity contribution in [3.05, 3.63) is 57.3 Å². The molecule has 0 atom stereocenters. The first-order valence-electron chi connectivity index (χ1n) is 7.28. The Balaban J connectivity index is 1.96. The number of carbonyl (C=O) groups is 3. The molecule has 0 unspecified atom stereocenters. The Morgan fingerprint density at radius 3 is 2.54 bits per heavy atom. The zero-order valence-corrected chi connectivity index (χ0v) is 13.9. The van der Waals surface area contributed by atoms with E-state index in [1.54, 1.807) is 17.5 Å². The summed E-state index contributed by atoms with van der Waals surface area (Å²) >= 11 is 1.10. The number of hydrogen-bond donors (Lipinski definition) is 3. The second-order valence-electron chi connectivity index (χ2n) is 5.24. The van der Waals surface area contributed by atoms with Crippen molar-refractivity contribution in [3.8, 4) is 0 Å². The number of rotatable bonds is 5. The molecule has 2 aromatic heterocycles. The van der Waals surface area contributed by atoms with Crippen LogP contribution in [0.15, 0.2) is 40.5 Å². The van der Waals surface area contributed by atoms with Crippen LogP contribution < -0.4 is 16.6 Å². The van der Waals surface area contributed by atoms with Crippen LogP contribution in [0.2, 0.25) is 0 Å². The molecule has 4 N–H and O–H groups in total.